The first kappa shape index (κ1) is 24.5. The monoisotopic (exact) mass is 511 g/mol. The number of amides is 2. The van der Waals surface area contributed by atoms with Crippen LogP contribution in [0.15, 0.2) is 60.7 Å². The van der Waals surface area contributed by atoms with Crippen LogP contribution in [0.2, 0.25) is 10.0 Å². The number of H-pyrrole nitrogens is 1. The van der Waals surface area contributed by atoms with Gasteiger partial charge in [0.05, 0.1) is 28.6 Å². The van der Waals surface area contributed by atoms with Crippen molar-refractivity contribution in [2.24, 2.45) is 5.73 Å². The summed E-state index contributed by atoms with van der Waals surface area (Å²) < 4.78 is 5.18. The van der Waals surface area contributed by atoms with Gasteiger partial charge in [-0.2, -0.15) is 5.10 Å². The number of fused-ring (bicyclic) bond motifs is 1. The summed E-state index contributed by atoms with van der Waals surface area (Å²) in [6.07, 6.45) is 0.430. The van der Waals surface area contributed by atoms with Gasteiger partial charge in [0.15, 0.2) is 5.82 Å². The second-order valence-corrected chi connectivity index (χ2v) is 8.63. The van der Waals surface area contributed by atoms with Gasteiger partial charge in [-0.1, -0.05) is 35.3 Å². The van der Waals surface area contributed by atoms with Crippen LogP contribution in [0.4, 0.5) is 11.5 Å². The van der Waals surface area contributed by atoms with Crippen LogP contribution in [0, 0.1) is 0 Å². The lowest BCUT2D eigenvalue weighted by Crippen LogP contribution is -2.23. The van der Waals surface area contributed by atoms with Gasteiger partial charge >= 0.3 is 0 Å². The largest absolute Gasteiger partial charge is 0.497 e. The molecule has 4 aromatic rings. The van der Waals surface area contributed by atoms with Crippen molar-refractivity contribution in [2.75, 3.05) is 24.3 Å². The summed E-state index contributed by atoms with van der Waals surface area (Å²) in [5, 5.41) is 14.2. The smallest absolute Gasteiger partial charge is 0.257 e. The quantitative estimate of drug-likeness (QED) is 0.259. The van der Waals surface area contributed by atoms with Crippen LogP contribution < -0.4 is 21.1 Å². The Labute approximate surface area is 211 Å². The Morgan fingerprint density at radius 3 is 2.63 bits per heavy atom. The number of ether oxygens (including phenoxy) is 1. The summed E-state index contributed by atoms with van der Waals surface area (Å²) in [5.74, 6) is -0.175. The van der Waals surface area contributed by atoms with Crippen molar-refractivity contribution in [1.29, 1.82) is 0 Å². The van der Waals surface area contributed by atoms with Crippen molar-refractivity contribution >= 4 is 57.4 Å². The molecule has 0 bridgehead atoms. The van der Waals surface area contributed by atoms with Gasteiger partial charge in [0.1, 0.15) is 5.75 Å². The SMILES string of the molecule is COc1cccc(C(=O)Nc2n[nH]c3ccc(NC(=O)C(CCN)c4ccc(Cl)c(Cl)c4)cc23)c1. The fourth-order valence-electron chi connectivity index (χ4n) is 3.71. The lowest BCUT2D eigenvalue weighted by atomic mass is 9.94. The Morgan fingerprint density at radius 1 is 1.06 bits per heavy atom. The van der Waals surface area contributed by atoms with Crippen molar-refractivity contribution in [2.45, 2.75) is 12.3 Å². The maximum atomic E-state index is 13.1. The molecule has 0 saturated heterocycles. The molecule has 0 aliphatic carbocycles. The Balaban J connectivity index is 1.56. The molecule has 35 heavy (non-hydrogen) atoms. The minimum absolute atomic E-state index is 0.237. The van der Waals surface area contributed by atoms with Crippen LogP contribution in [0.5, 0.6) is 5.75 Å². The third kappa shape index (κ3) is 5.57. The van der Waals surface area contributed by atoms with E-state index in [9.17, 15) is 9.59 Å². The highest BCUT2D eigenvalue weighted by molar-refractivity contribution is 6.42. The minimum atomic E-state index is -0.512. The van der Waals surface area contributed by atoms with E-state index >= 15 is 0 Å². The molecule has 0 saturated carbocycles. The van der Waals surface area contributed by atoms with Crippen molar-refractivity contribution in [1.82, 2.24) is 10.2 Å². The van der Waals surface area contributed by atoms with E-state index in [1.807, 2.05) is 0 Å². The third-order valence-electron chi connectivity index (χ3n) is 5.51. The maximum absolute atomic E-state index is 13.1. The molecule has 0 aliphatic heterocycles. The van der Waals surface area contributed by atoms with E-state index in [0.29, 0.717) is 56.7 Å². The number of nitrogens with zero attached hydrogens (tertiary/aromatic N) is 1. The Morgan fingerprint density at radius 2 is 1.89 bits per heavy atom. The zero-order valence-corrected chi connectivity index (χ0v) is 20.3. The van der Waals surface area contributed by atoms with Gasteiger partial charge in [-0.25, -0.2) is 0 Å². The molecule has 0 fully saturated rings. The fraction of sp³-hybridized carbons (Fsp3) is 0.160. The van der Waals surface area contributed by atoms with Crippen LogP contribution in [-0.2, 0) is 4.79 Å². The molecule has 2 amide bonds. The van der Waals surface area contributed by atoms with E-state index in [-0.39, 0.29) is 11.8 Å². The van der Waals surface area contributed by atoms with E-state index in [2.05, 4.69) is 20.8 Å². The average Bonchev–Trinajstić information content (AvgIpc) is 3.26. The third-order valence-corrected chi connectivity index (χ3v) is 6.25. The highest BCUT2D eigenvalue weighted by atomic mass is 35.5. The number of aromatic nitrogens is 2. The molecule has 0 radical (unpaired) electrons. The minimum Gasteiger partial charge on any atom is -0.497 e. The van der Waals surface area contributed by atoms with E-state index < -0.39 is 5.92 Å². The molecule has 1 aromatic heterocycles. The fourth-order valence-corrected chi connectivity index (χ4v) is 4.01. The molecule has 5 N–H and O–H groups in total. The van der Waals surface area contributed by atoms with Gasteiger partial charge < -0.3 is 21.1 Å². The van der Waals surface area contributed by atoms with Crippen LogP contribution in [0.1, 0.15) is 28.3 Å². The average molecular weight is 512 g/mol. The number of methoxy groups -OCH3 is 1. The van der Waals surface area contributed by atoms with Crippen LogP contribution in [0.3, 0.4) is 0 Å². The molecule has 3 aromatic carbocycles. The normalized spacial score (nSPS) is 11.8. The summed E-state index contributed by atoms with van der Waals surface area (Å²) in [7, 11) is 1.54. The zero-order valence-electron chi connectivity index (χ0n) is 18.8. The number of nitrogens with one attached hydrogen (secondary N) is 3. The van der Waals surface area contributed by atoms with Crippen molar-refractivity contribution in [3.63, 3.8) is 0 Å². The van der Waals surface area contributed by atoms with Crippen molar-refractivity contribution in [3.8, 4) is 5.75 Å². The van der Waals surface area contributed by atoms with Crippen molar-refractivity contribution < 1.29 is 14.3 Å². The first-order valence-corrected chi connectivity index (χ1v) is 11.5. The standard InChI is InChI=1S/C25H23Cl2N5O3/c1-35-17-4-2-3-15(11-17)24(33)30-23-19-13-16(6-8-22(19)31-32-23)29-25(34)18(9-10-28)14-5-7-20(26)21(27)12-14/h2-8,11-13,18H,9-10,28H2,1H3,(H,29,34)(H2,30,31,32,33). The first-order chi connectivity index (χ1) is 16.9. The highest BCUT2D eigenvalue weighted by Crippen LogP contribution is 2.30. The summed E-state index contributed by atoms with van der Waals surface area (Å²) in [6, 6.07) is 17.2. The van der Waals surface area contributed by atoms with Gasteiger partial charge in [-0.15, -0.1) is 0 Å². The number of halogens is 2. The van der Waals surface area contributed by atoms with Gasteiger partial charge in [-0.05, 0) is 67.1 Å². The maximum Gasteiger partial charge on any atom is 0.257 e. The summed E-state index contributed by atoms with van der Waals surface area (Å²) in [6.45, 7) is 0.319. The number of benzene rings is 3. The summed E-state index contributed by atoms with van der Waals surface area (Å²) in [5.41, 5.74) is 8.15. The van der Waals surface area contributed by atoms with Crippen LogP contribution in [-0.4, -0.2) is 35.7 Å². The highest BCUT2D eigenvalue weighted by Gasteiger charge is 2.21. The Kier molecular flexibility index (Phi) is 7.55. The molecule has 0 aliphatic rings. The molecule has 1 heterocycles. The Hall–Kier alpha value is -3.59. The zero-order chi connectivity index (χ0) is 24.9. The number of carbonyl (C=O) groups is 2. The molecule has 10 heteroatoms. The second-order valence-electron chi connectivity index (χ2n) is 7.81. The van der Waals surface area contributed by atoms with E-state index in [0.717, 1.165) is 5.56 Å². The number of hydrogen-bond acceptors (Lipinski definition) is 5. The van der Waals surface area contributed by atoms with Gasteiger partial charge in [0.2, 0.25) is 5.91 Å². The second kappa shape index (κ2) is 10.8. The number of nitrogens with two attached hydrogens (primary N) is 1. The molecular formula is C25H23Cl2N5O3. The molecule has 180 valence electrons. The lowest BCUT2D eigenvalue weighted by Gasteiger charge is -2.17. The molecule has 0 spiro atoms. The predicted molar refractivity (Wildman–Crippen MR) is 139 cm³/mol. The van der Waals surface area contributed by atoms with Crippen molar-refractivity contribution in [3.05, 3.63) is 81.8 Å². The lowest BCUT2D eigenvalue weighted by molar-refractivity contribution is -0.117. The number of carbonyl (C=O) groups excluding carboxylic acids is 2. The van der Waals surface area contributed by atoms with Gasteiger partial charge in [-0.3, -0.25) is 14.7 Å². The van der Waals surface area contributed by atoms with Crippen LogP contribution in [0.25, 0.3) is 10.9 Å². The van der Waals surface area contributed by atoms with E-state index in [4.69, 9.17) is 33.7 Å². The first-order valence-electron chi connectivity index (χ1n) is 10.8. The molecule has 1 atom stereocenters. The molecule has 1 unspecified atom stereocenters. The van der Waals surface area contributed by atoms with E-state index in [1.165, 1.54) is 7.11 Å². The van der Waals surface area contributed by atoms with Gasteiger partial charge in [0, 0.05) is 16.6 Å². The number of anilines is 2. The summed E-state index contributed by atoms with van der Waals surface area (Å²) in [4.78, 5) is 25.9. The number of hydrogen-bond donors (Lipinski definition) is 4. The molecule has 4 rings (SSSR count). The topological polar surface area (TPSA) is 122 Å². The molecular weight excluding hydrogens is 489 g/mol. The van der Waals surface area contributed by atoms with Crippen LogP contribution >= 0.6 is 23.2 Å². The van der Waals surface area contributed by atoms with E-state index in [1.54, 1.807) is 60.7 Å². The van der Waals surface area contributed by atoms with Gasteiger partial charge in [0.25, 0.3) is 5.91 Å². The number of rotatable bonds is 8. The summed E-state index contributed by atoms with van der Waals surface area (Å²) >= 11 is 12.2. The number of aromatic amines is 1. The predicted octanol–water partition coefficient (Wildman–Crippen LogP) is 5.20. The Bertz CT molecular complexity index is 1390. The molecule has 8 nitrogen and oxygen atoms in total.